The van der Waals surface area contributed by atoms with Crippen LogP contribution >= 0.6 is 23.4 Å². The number of rotatable bonds is 6. The van der Waals surface area contributed by atoms with Crippen LogP contribution in [0.4, 0.5) is 4.39 Å². The molecule has 1 aliphatic heterocycles. The third-order valence-corrected chi connectivity index (χ3v) is 7.41. The molecule has 1 heterocycles. The molecule has 0 radical (unpaired) electrons. The molecule has 1 saturated heterocycles. The Morgan fingerprint density at radius 3 is 2.57 bits per heavy atom. The Balaban J connectivity index is 1.21. The minimum absolute atomic E-state index is 0.00801. The average Bonchev–Trinajstić information content (AvgIpc) is 2.91. The molecule has 3 atom stereocenters. The summed E-state index contributed by atoms with van der Waals surface area (Å²) in [6.07, 6.45) is 2.21. The van der Waals surface area contributed by atoms with Crippen LogP contribution in [0, 0.1) is 5.82 Å². The highest BCUT2D eigenvalue weighted by molar-refractivity contribution is 8.01. The van der Waals surface area contributed by atoms with Crippen molar-refractivity contribution < 1.29 is 18.7 Å². The SMILES string of the molecule is CC1NC(C)C(C(=O)NC23CC(NC(=O)COc4ccc(Cl)c(F)c4)(C2)C3)S1. The topological polar surface area (TPSA) is 79.5 Å². The number of nitrogens with one attached hydrogen (secondary N) is 3. The number of hydrogen-bond donors (Lipinski definition) is 3. The molecule has 28 heavy (non-hydrogen) atoms. The zero-order valence-corrected chi connectivity index (χ0v) is 17.3. The summed E-state index contributed by atoms with van der Waals surface area (Å²) < 4.78 is 18.7. The highest BCUT2D eigenvalue weighted by Crippen LogP contribution is 2.60. The molecule has 2 bridgehead atoms. The molecule has 0 aromatic heterocycles. The average molecular weight is 428 g/mol. The molecule has 3 unspecified atom stereocenters. The van der Waals surface area contributed by atoms with E-state index in [-0.39, 0.29) is 56.9 Å². The zero-order chi connectivity index (χ0) is 20.1. The van der Waals surface area contributed by atoms with Crippen LogP contribution in [-0.4, -0.2) is 46.2 Å². The second-order valence-electron chi connectivity index (χ2n) is 8.15. The number of ether oxygens (including phenoxy) is 1. The summed E-state index contributed by atoms with van der Waals surface area (Å²) in [4.78, 5) is 24.7. The Morgan fingerprint density at radius 2 is 1.96 bits per heavy atom. The first-order valence-corrected chi connectivity index (χ1v) is 10.6. The molecule has 3 N–H and O–H groups in total. The lowest BCUT2D eigenvalue weighted by atomic mass is 9.44. The van der Waals surface area contributed by atoms with Gasteiger partial charge in [0.1, 0.15) is 16.8 Å². The molecule has 4 fully saturated rings. The molecule has 1 aromatic rings. The van der Waals surface area contributed by atoms with Gasteiger partial charge in [-0.2, -0.15) is 0 Å². The number of carbonyl (C=O) groups excluding carboxylic acids is 2. The van der Waals surface area contributed by atoms with Crippen molar-refractivity contribution in [3.8, 4) is 5.75 Å². The number of thioether (sulfide) groups is 1. The molecule has 0 spiro atoms. The fourth-order valence-corrected chi connectivity index (χ4v) is 5.90. The molecule has 5 rings (SSSR count). The standard InChI is InChI=1S/C19H23ClFN3O3S/c1-10-16(28-11(2)22-10)17(26)24-19-7-18(8-19,9-19)23-15(25)6-27-12-3-4-13(20)14(21)5-12/h3-5,10-11,16,22H,6-9H2,1-2H3,(H,23,25)(H,24,26). The molecule has 3 saturated carbocycles. The second-order valence-corrected chi connectivity index (χ2v) is 10.0. The maximum atomic E-state index is 13.4. The van der Waals surface area contributed by atoms with Gasteiger partial charge in [-0.25, -0.2) is 4.39 Å². The van der Waals surface area contributed by atoms with Gasteiger partial charge in [0, 0.05) is 23.2 Å². The Bertz CT molecular complexity index is 804. The normalized spacial score (nSPS) is 35.5. The van der Waals surface area contributed by atoms with Crippen molar-refractivity contribution in [2.75, 3.05) is 6.61 Å². The largest absolute Gasteiger partial charge is 0.484 e. The highest BCUT2D eigenvalue weighted by atomic mass is 35.5. The summed E-state index contributed by atoms with van der Waals surface area (Å²) in [5.74, 6) is -0.518. The van der Waals surface area contributed by atoms with Crippen molar-refractivity contribution in [2.45, 2.75) is 60.9 Å². The summed E-state index contributed by atoms with van der Waals surface area (Å²) in [7, 11) is 0. The lowest BCUT2D eigenvalue weighted by Gasteiger charge is -2.70. The van der Waals surface area contributed by atoms with E-state index in [1.165, 1.54) is 12.1 Å². The van der Waals surface area contributed by atoms with Gasteiger partial charge in [0.05, 0.1) is 10.4 Å². The van der Waals surface area contributed by atoms with E-state index in [1.54, 1.807) is 11.8 Å². The van der Waals surface area contributed by atoms with Crippen molar-refractivity contribution in [2.24, 2.45) is 0 Å². The van der Waals surface area contributed by atoms with Crippen molar-refractivity contribution in [3.05, 3.63) is 29.0 Å². The van der Waals surface area contributed by atoms with Crippen molar-refractivity contribution in [1.29, 1.82) is 0 Å². The fourth-order valence-electron chi connectivity index (χ4n) is 4.56. The molecule has 152 valence electrons. The van der Waals surface area contributed by atoms with E-state index in [2.05, 4.69) is 22.9 Å². The van der Waals surface area contributed by atoms with Crippen LogP contribution < -0.4 is 20.7 Å². The predicted octanol–water partition coefficient (Wildman–Crippen LogP) is 2.20. The van der Waals surface area contributed by atoms with Crippen LogP contribution in [0.3, 0.4) is 0 Å². The third kappa shape index (κ3) is 3.69. The van der Waals surface area contributed by atoms with Crippen LogP contribution in [0.1, 0.15) is 33.1 Å². The van der Waals surface area contributed by atoms with Crippen molar-refractivity contribution >= 4 is 35.2 Å². The highest BCUT2D eigenvalue weighted by Gasteiger charge is 2.69. The van der Waals surface area contributed by atoms with Crippen molar-refractivity contribution in [3.63, 3.8) is 0 Å². The Kier molecular flexibility index (Phi) is 5.00. The van der Waals surface area contributed by atoms with Crippen LogP contribution in [0.15, 0.2) is 18.2 Å². The summed E-state index contributed by atoms with van der Waals surface area (Å²) in [6.45, 7) is 3.89. The van der Waals surface area contributed by atoms with Crippen LogP contribution in [-0.2, 0) is 9.59 Å². The van der Waals surface area contributed by atoms with Gasteiger partial charge in [0.25, 0.3) is 5.91 Å². The summed E-state index contributed by atoms with van der Waals surface area (Å²) in [5, 5.41) is 9.72. The minimum Gasteiger partial charge on any atom is -0.484 e. The summed E-state index contributed by atoms with van der Waals surface area (Å²) in [5.41, 5.74) is -0.435. The van der Waals surface area contributed by atoms with Gasteiger partial charge in [-0.1, -0.05) is 11.6 Å². The first kappa shape index (κ1) is 19.8. The van der Waals surface area contributed by atoms with Gasteiger partial charge in [-0.05, 0) is 45.2 Å². The Morgan fingerprint density at radius 1 is 1.29 bits per heavy atom. The lowest BCUT2D eigenvalue weighted by Crippen LogP contribution is -2.84. The van der Waals surface area contributed by atoms with Gasteiger partial charge in [0.2, 0.25) is 5.91 Å². The predicted molar refractivity (Wildman–Crippen MR) is 106 cm³/mol. The van der Waals surface area contributed by atoms with E-state index >= 15 is 0 Å². The molecule has 9 heteroatoms. The van der Waals surface area contributed by atoms with Gasteiger partial charge in [-0.3, -0.25) is 9.59 Å². The zero-order valence-electron chi connectivity index (χ0n) is 15.7. The molecule has 4 aliphatic rings. The smallest absolute Gasteiger partial charge is 0.258 e. The van der Waals surface area contributed by atoms with Gasteiger partial charge >= 0.3 is 0 Å². The van der Waals surface area contributed by atoms with Crippen LogP contribution in [0.2, 0.25) is 5.02 Å². The Hall–Kier alpha value is -1.51. The first-order valence-electron chi connectivity index (χ1n) is 9.32. The van der Waals surface area contributed by atoms with Crippen LogP contribution in [0.25, 0.3) is 0 Å². The number of hydrogen-bond acceptors (Lipinski definition) is 5. The monoisotopic (exact) mass is 427 g/mol. The van der Waals surface area contributed by atoms with Crippen molar-refractivity contribution in [1.82, 2.24) is 16.0 Å². The van der Waals surface area contributed by atoms with E-state index in [0.717, 1.165) is 25.3 Å². The van der Waals surface area contributed by atoms with E-state index in [9.17, 15) is 14.0 Å². The maximum Gasteiger partial charge on any atom is 0.258 e. The number of amides is 2. The molecule has 6 nitrogen and oxygen atoms in total. The van der Waals surface area contributed by atoms with E-state index < -0.39 is 5.82 Å². The molecular formula is C19H23ClFN3O3S. The Labute approximate surface area is 172 Å². The second kappa shape index (κ2) is 7.07. The van der Waals surface area contributed by atoms with Gasteiger partial charge in [-0.15, -0.1) is 11.8 Å². The maximum absolute atomic E-state index is 13.4. The lowest BCUT2D eigenvalue weighted by molar-refractivity contribution is -0.150. The first-order chi connectivity index (χ1) is 13.2. The molecule has 1 aromatic carbocycles. The van der Waals surface area contributed by atoms with E-state index in [1.807, 2.05) is 6.92 Å². The van der Waals surface area contributed by atoms with Gasteiger partial charge < -0.3 is 20.7 Å². The van der Waals surface area contributed by atoms with Crippen LogP contribution in [0.5, 0.6) is 5.75 Å². The van der Waals surface area contributed by atoms with E-state index in [0.29, 0.717) is 0 Å². The quantitative estimate of drug-likeness (QED) is 0.648. The third-order valence-electron chi connectivity index (χ3n) is 5.65. The number of benzene rings is 1. The molecular weight excluding hydrogens is 405 g/mol. The van der Waals surface area contributed by atoms with Gasteiger partial charge in [0.15, 0.2) is 6.61 Å². The molecule has 3 aliphatic carbocycles. The fraction of sp³-hybridized carbons (Fsp3) is 0.579. The number of halogens is 2. The number of carbonyl (C=O) groups is 2. The summed E-state index contributed by atoms with van der Waals surface area (Å²) in [6, 6.07) is 4.20. The summed E-state index contributed by atoms with van der Waals surface area (Å²) >= 11 is 7.27. The minimum atomic E-state index is -0.587. The van der Waals surface area contributed by atoms with E-state index in [4.69, 9.17) is 16.3 Å². The molecule has 2 amide bonds.